The van der Waals surface area contributed by atoms with E-state index in [4.69, 9.17) is 5.73 Å². The number of fused-ring (bicyclic) bond motifs is 1. The highest BCUT2D eigenvalue weighted by atomic mass is 32.2. The number of nitrogens with zero attached hydrogens (tertiary/aromatic N) is 3. The van der Waals surface area contributed by atoms with Crippen molar-refractivity contribution in [2.24, 2.45) is 17.6 Å². The van der Waals surface area contributed by atoms with Crippen LogP contribution in [-0.2, 0) is 27.5 Å². The summed E-state index contributed by atoms with van der Waals surface area (Å²) in [6, 6.07) is -0.0757. The lowest BCUT2D eigenvalue weighted by molar-refractivity contribution is -0.683. The highest BCUT2D eigenvalue weighted by Gasteiger charge is 2.60. The Kier molecular flexibility index (Phi) is 5.84. The number of aliphatic hydroxyl groups excluding tert-OH is 1. The number of nitrogens with two attached hydrogens (primary N) is 1. The number of aliphatic hydroxyl groups is 1. The summed E-state index contributed by atoms with van der Waals surface area (Å²) in [4.78, 5) is 37.6. The molecule has 5 N–H and O–H groups in total. The largest absolute Gasteiger partial charge is 0.477 e. The van der Waals surface area contributed by atoms with E-state index >= 15 is 0 Å². The second kappa shape index (κ2) is 8.29. The van der Waals surface area contributed by atoms with Gasteiger partial charge in [-0.2, -0.15) is 0 Å². The number of nitrogens with one attached hydrogen (secondary N) is 1. The summed E-state index contributed by atoms with van der Waals surface area (Å²) in [5.41, 5.74) is 5.30. The van der Waals surface area contributed by atoms with E-state index in [2.05, 4.69) is 5.32 Å². The number of carbonyl (C=O) groups excluding carboxylic acids is 2. The predicted molar refractivity (Wildman–Crippen MR) is 111 cm³/mol. The summed E-state index contributed by atoms with van der Waals surface area (Å²) in [6.45, 7) is 5.12. The fraction of sp³-hybridized carbons (Fsp3) is 0.600. The van der Waals surface area contributed by atoms with Gasteiger partial charge in [0, 0.05) is 28.7 Å². The van der Waals surface area contributed by atoms with Crippen molar-refractivity contribution in [1.82, 2.24) is 14.8 Å². The maximum atomic E-state index is 12.5. The summed E-state index contributed by atoms with van der Waals surface area (Å²) >= 11 is 1.54. The van der Waals surface area contributed by atoms with E-state index in [1.807, 2.05) is 24.0 Å². The first-order valence-electron chi connectivity index (χ1n) is 10.4. The average Bonchev–Trinajstić information content (AvgIpc) is 3.34. The lowest BCUT2D eigenvalue weighted by atomic mass is 9.79. The van der Waals surface area contributed by atoms with E-state index in [1.165, 1.54) is 16.7 Å². The van der Waals surface area contributed by atoms with Crippen LogP contribution in [-0.4, -0.2) is 67.4 Å². The first-order valence-corrected chi connectivity index (χ1v) is 11.3. The molecule has 0 saturated carbocycles. The van der Waals surface area contributed by atoms with Gasteiger partial charge in [-0.3, -0.25) is 9.59 Å². The van der Waals surface area contributed by atoms with E-state index < -0.39 is 23.9 Å². The SMILES string of the molecule is C[C@@H](O)[C@H]1C(=O)N2C(C(=O)O)=C(S[C@@H]3CN[C@H](Cn4cc[n+](CC(N)=O)c4)C3)[C@H](C)[C@H]12. The average molecular weight is 451 g/mol. The van der Waals surface area contributed by atoms with Crippen molar-refractivity contribution in [3.63, 3.8) is 0 Å². The van der Waals surface area contributed by atoms with Gasteiger partial charge in [0.25, 0.3) is 5.91 Å². The second-order valence-electron chi connectivity index (χ2n) is 8.60. The van der Waals surface area contributed by atoms with Crippen molar-refractivity contribution in [3.05, 3.63) is 29.3 Å². The molecule has 2 saturated heterocycles. The number of amides is 2. The molecule has 1 aromatic rings. The summed E-state index contributed by atoms with van der Waals surface area (Å²) in [6.07, 6.45) is 5.58. The van der Waals surface area contributed by atoms with Crippen LogP contribution < -0.4 is 15.6 Å². The van der Waals surface area contributed by atoms with Crippen molar-refractivity contribution in [1.29, 1.82) is 0 Å². The number of carboxylic acid groups (broad SMARTS) is 1. The minimum Gasteiger partial charge on any atom is -0.477 e. The van der Waals surface area contributed by atoms with Gasteiger partial charge in [0.2, 0.25) is 12.2 Å². The third-order valence-corrected chi connectivity index (χ3v) is 7.81. The topological polar surface area (TPSA) is 142 Å². The Labute approximate surface area is 184 Å². The Bertz CT molecular complexity index is 944. The Morgan fingerprint density at radius 2 is 2.19 bits per heavy atom. The Morgan fingerprint density at radius 3 is 2.84 bits per heavy atom. The standard InChI is InChI=1S/C20H27N5O5S/c1-10-16-15(11(2)26)19(28)25(16)17(20(29)30)18(10)31-13-5-12(22-6-13)7-23-3-4-24(9-23)8-14(21)27/h3-4,9-13,15-16,22,26H,5-8H2,1-2H3,(H2-,21,27,29,30)/p+1/t10-,11-,12+,13+,15-,16-/m1/s1. The van der Waals surface area contributed by atoms with Crippen molar-refractivity contribution < 1.29 is 29.2 Å². The molecule has 2 fully saturated rings. The monoisotopic (exact) mass is 450 g/mol. The molecule has 0 aliphatic carbocycles. The van der Waals surface area contributed by atoms with Crippen molar-refractivity contribution in [2.75, 3.05) is 6.54 Å². The summed E-state index contributed by atoms with van der Waals surface area (Å²) in [7, 11) is 0. The number of carbonyl (C=O) groups is 3. The molecule has 168 valence electrons. The number of imidazole rings is 1. The first-order chi connectivity index (χ1) is 14.7. The molecular weight excluding hydrogens is 422 g/mol. The molecule has 3 aliphatic heterocycles. The van der Waals surface area contributed by atoms with Gasteiger partial charge in [-0.05, 0) is 13.3 Å². The maximum absolute atomic E-state index is 12.5. The van der Waals surface area contributed by atoms with Crippen LogP contribution in [0.5, 0.6) is 0 Å². The van der Waals surface area contributed by atoms with Crippen molar-refractivity contribution in [3.8, 4) is 0 Å². The quantitative estimate of drug-likeness (QED) is 0.290. The zero-order valence-corrected chi connectivity index (χ0v) is 18.3. The zero-order valence-electron chi connectivity index (χ0n) is 17.5. The van der Waals surface area contributed by atoms with Gasteiger partial charge in [-0.15, -0.1) is 11.8 Å². The molecule has 4 rings (SSSR count). The predicted octanol–water partition coefficient (Wildman–Crippen LogP) is -1.12. The van der Waals surface area contributed by atoms with Crippen LogP contribution in [0.4, 0.5) is 0 Å². The van der Waals surface area contributed by atoms with E-state index in [-0.39, 0.29) is 41.4 Å². The number of rotatable bonds is 8. The Balaban J connectivity index is 1.41. The molecule has 4 heterocycles. The third kappa shape index (κ3) is 3.97. The van der Waals surface area contributed by atoms with Gasteiger partial charge in [-0.25, -0.2) is 13.9 Å². The molecule has 0 bridgehead atoms. The number of aliphatic carboxylic acids is 1. The highest BCUT2D eigenvalue weighted by Crippen LogP contribution is 2.51. The lowest BCUT2D eigenvalue weighted by Gasteiger charge is -2.46. The first kappa shape index (κ1) is 21.8. The lowest BCUT2D eigenvalue weighted by Crippen LogP contribution is -2.63. The van der Waals surface area contributed by atoms with E-state index in [0.717, 1.165) is 24.4 Å². The summed E-state index contributed by atoms with van der Waals surface area (Å²) < 4.78 is 3.72. The van der Waals surface area contributed by atoms with Crippen LogP contribution in [0, 0.1) is 11.8 Å². The number of primary amides is 1. The van der Waals surface area contributed by atoms with Gasteiger partial charge in [0.15, 0.2) is 6.54 Å². The van der Waals surface area contributed by atoms with Crippen LogP contribution in [0.15, 0.2) is 29.3 Å². The number of aromatic nitrogens is 2. The van der Waals surface area contributed by atoms with Gasteiger partial charge in [0.1, 0.15) is 24.6 Å². The Hall–Kier alpha value is -2.37. The summed E-state index contributed by atoms with van der Waals surface area (Å²) in [5, 5.41) is 23.4. The van der Waals surface area contributed by atoms with Crippen LogP contribution in [0.3, 0.4) is 0 Å². The van der Waals surface area contributed by atoms with E-state index in [1.54, 1.807) is 17.7 Å². The minimum absolute atomic E-state index is 0.0748. The normalized spacial score (nSPS) is 31.0. The number of carboxylic acids is 1. The molecule has 6 atom stereocenters. The fourth-order valence-electron chi connectivity index (χ4n) is 4.94. The van der Waals surface area contributed by atoms with Gasteiger partial charge >= 0.3 is 5.97 Å². The number of hydrogen-bond donors (Lipinski definition) is 4. The van der Waals surface area contributed by atoms with Crippen molar-refractivity contribution >= 4 is 29.5 Å². The number of β-lactam (4-membered cyclic amide) rings is 1. The van der Waals surface area contributed by atoms with Crippen LogP contribution >= 0.6 is 11.8 Å². The minimum atomic E-state index is -1.09. The molecular formula is C20H28N5O5S+. The Morgan fingerprint density at radius 1 is 1.45 bits per heavy atom. The van der Waals surface area contributed by atoms with Gasteiger partial charge in [0.05, 0.1) is 18.1 Å². The van der Waals surface area contributed by atoms with Gasteiger partial charge in [-0.1, -0.05) is 6.92 Å². The van der Waals surface area contributed by atoms with Crippen molar-refractivity contribution in [2.45, 2.75) is 56.8 Å². The molecule has 0 unspecified atom stereocenters. The fourth-order valence-corrected chi connectivity index (χ4v) is 6.46. The molecule has 10 nitrogen and oxygen atoms in total. The molecule has 31 heavy (non-hydrogen) atoms. The number of hydrogen-bond acceptors (Lipinski definition) is 6. The third-order valence-electron chi connectivity index (χ3n) is 6.30. The molecule has 0 radical (unpaired) electrons. The molecule has 1 aromatic heterocycles. The molecule has 2 amide bonds. The maximum Gasteiger partial charge on any atom is 0.353 e. The van der Waals surface area contributed by atoms with Crippen LogP contribution in [0.2, 0.25) is 0 Å². The van der Waals surface area contributed by atoms with Gasteiger partial charge < -0.3 is 26.2 Å². The highest BCUT2D eigenvalue weighted by molar-refractivity contribution is 8.03. The molecule has 3 aliphatic rings. The second-order valence-corrected chi connectivity index (χ2v) is 9.94. The zero-order chi connectivity index (χ0) is 22.4. The van der Waals surface area contributed by atoms with Crippen LogP contribution in [0.1, 0.15) is 20.3 Å². The van der Waals surface area contributed by atoms with E-state index in [9.17, 15) is 24.6 Å². The summed E-state index contributed by atoms with van der Waals surface area (Å²) in [5.74, 6) is -2.46. The smallest absolute Gasteiger partial charge is 0.353 e. The van der Waals surface area contributed by atoms with E-state index in [0.29, 0.717) is 0 Å². The van der Waals surface area contributed by atoms with Crippen LogP contribution in [0.25, 0.3) is 0 Å². The molecule has 11 heteroatoms. The number of thioether (sulfide) groups is 1. The molecule has 0 spiro atoms. The molecule has 0 aromatic carbocycles.